The molecule has 0 aliphatic carbocycles. The molecule has 0 bridgehead atoms. The number of carbonyl (C=O) groups is 3. The SMILES string of the molecule is CCCCCCCCCCCCCCCCC(=O)OC[C@H](COC(=O)CCCCCCCCCCCCCCCCC(C)C)OC(=O)CCCCCCC. The fourth-order valence-corrected chi connectivity index (χ4v) is 7.16. The summed E-state index contributed by atoms with van der Waals surface area (Å²) in [7, 11) is 0. The standard InChI is InChI=1S/C48H92O6/c1-5-7-9-11-12-13-14-15-19-22-25-28-32-35-39-46(49)52-42-45(54-48(51)41-37-30-10-8-6-2)43-53-47(50)40-36-33-29-26-23-20-17-16-18-21-24-27-31-34-38-44(3)4/h44-45H,5-43H2,1-4H3/t45-/m1/s1. The summed E-state index contributed by atoms with van der Waals surface area (Å²) < 4.78 is 16.6. The molecule has 54 heavy (non-hydrogen) atoms. The minimum Gasteiger partial charge on any atom is -0.462 e. The molecule has 1 atom stereocenters. The van der Waals surface area contributed by atoms with Gasteiger partial charge in [0.2, 0.25) is 0 Å². The van der Waals surface area contributed by atoms with Crippen molar-refractivity contribution in [1.29, 1.82) is 0 Å². The van der Waals surface area contributed by atoms with Gasteiger partial charge in [0.25, 0.3) is 0 Å². The number of hydrogen-bond acceptors (Lipinski definition) is 6. The van der Waals surface area contributed by atoms with Crippen LogP contribution in [0.3, 0.4) is 0 Å². The van der Waals surface area contributed by atoms with E-state index in [0.717, 1.165) is 70.1 Å². The molecule has 0 aromatic carbocycles. The van der Waals surface area contributed by atoms with Crippen LogP contribution in [0.5, 0.6) is 0 Å². The van der Waals surface area contributed by atoms with E-state index in [0.29, 0.717) is 19.3 Å². The maximum absolute atomic E-state index is 12.5. The highest BCUT2D eigenvalue weighted by Gasteiger charge is 2.19. The lowest BCUT2D eigenvalue weighted by Gasteiger charge is -2.18. The van der Waals surface area contributed by atoms with Crippen molar-refractivity contribution in [3.05, 3.63) is 0 Å². The van der Waals surface area contributed by atoms with E-state index >= 15 is 0 Å². The number of unbranched alkanes of at least 4 members (excludes halogenated alkanes) is 30. The van der Waals surface area contributed by atoms with Gasteiger partial charge in [0.1, 0.15) is 13.2 Å². The van der Waals surface area contributed by atoms with Crippen LogP contribution in [0, 0.1) is 5.92 Å². The molecule has 0 saturated carbocycles. The average molecular weight is 765 g/mol. The van der Waals surface area contributed by atoms with E-state index < -0.39 is 6.10 Å². The van der Waals surface area contributed by atoms with Gasteiger partial charge in [-0.3, -0.25) is 14.4 Å². The van der Waals surface area contributed by atoms with Crippen molar-refractivity contribution >= 4 is 17.9 Å². The summed E-state index contributed by atoms with van der Waals surface area (Å²) in [5.41, 5.74) is 0. The van der Waals surface area contributed by atoms with E-state index in [-0.39, 0.29) is 31.1 Å². The average Bonchev–Trinajstić information content (AvgIpc) is 3.15. The molecule has 0 rings (SSSR count). The van der Waals surface area contributed by atoms with Gasteiger partial charge in [-0.15, -0.1) is 0 Å². The van der Waals surface area contributed by atoms with Gasteiger partial charge in [0.05, 0.1) is 0 Å². The first-order valence-electron chi connectivity index (χ1n) is 23.9. The molecule has 0 heterocycles. The molecule has 0 unspecified atom stereocenters. The highest BCUT2D eigenvalue weighted by atomic mass is 16.6. The van der Waals surface area contributed by atoms with E-state index in [9.17, 15) is 14.4 Å². The van der Waals surface area contributed by atoms with Crippen molar-refractivity contribution in [2.24, 2.45) is 5.92 Å². The lowest BCUT2D eigenvalue weighted by Crippen LogP contribution is -2.30. The first kappa shape index (κ1) is 52.4. The van der Waals surface area contributed by atoms with Crippen LogP contribution in [-0.4, -0.2) is 37.2 Å². The molecule has 6 heteroatoms. The summed E-state index contributed by atoms with van der Waals surface area (Å²) in [4.78, 5) is 37.5. The molecule has 0 N–H and O–H groups in total. The highest BCUT2D eigenvalue weighted by Crippen LogP contribution is 2.17. The third-order valence-electron chi connectivity index (χ3n) is 10.8. The fourth-order valence-electron chi connectivity index (χ4n) is 7.16. The third-order valence-corrected chi connectivity index (χ3v) is 10.8. The summed E-state index contributed by atoms with van der Waals surface area (Å²) >= 11 is 0. The predicted octanol–water partition coefficient (Wildman–Crippen LogP) is 15.1. The number of carbonyl (C=O) groups excluding carboxylic acids is 3. The van der Waals surface area contributed by atoms with Gasteiger partial charge >= 0.3 is 17.9 Å². The Balaban J connectivity index is 4.09. The minimum atomic E-state index is -0.757. The Labute approximate surface area is 336 Å². The summed E-state index contributed by atoms with van der Waals surface area (Å²) in [6.45, 7) is 8.94. The van der Waals surface area contributed by atoms with Crippen LogP contribution in [0.15, 0.2) is 0 Å². The van der Waals surface area contributed by atoms with Gasteiger partial charge < -0.3 is 14.2 Å². The summed E-state index contributed by atoms with van der Waals surface area (Å²) in [5, 5.41) is 0. The molecule has 0 aliphatic rings. The Morgan fingerprint density at radius 2 is 0.611 bits per heavy atom. The molecule has 320 valence electrons. The van der Waals surface area contributed by atoms with Crippen LogP contribution in [0.2, 0.25) is 0 Å². The smallest absolute Gasteiger partial charge is 0.306 e. The van der Waals surface area contributed by atoms with Crippen LogP contribution in [0.25, 0.3) is 0 Å². The Morgan fingerprint density at radius 3 is 0.907 bits per heavy atom. The largest absolute Gasteiger partial charge is 0.462 e. The normalized spacial score (nSPS) is 11.9. The van der Waals surface area contributed by atoms with Crippen molar-refractivity contribution in [1.82, 2.24) is 0 Å². The van der Waals surface area contributed by atoms with E-state index in [1.54, 1.807) is 0 Å². The molecule has 0 spiro atoms. The maximum Gasteiger partial charge on any atom is 0.306 e. The molecule has 0 radical (unpaired) electrons. The van der Waals surface area contributed by atoms with Gasteiger partial charge in [-0.1, -0.05) is 227 Å². The van der Waals surface area contributed by atoms with Crippen LogP contribution < -0.4 is 0 Å². The quantitative estimate of drug-likeness (QED) is 0.0349. The molecule has 0 aliphatic heterocycles. The van der Waals surface area contributed by atoms with Crippen molar-refractivity contribution < 1.29 is 28.6 Å². The van der Waals surface area contributed by atoms with E-state index in [4.69, 9.17) is 14.2 Å². The number of rotatable bonds is 43. The van der Waals surface area contributed by atoms with Crippen molar-refractivity contribution in [3.8, 4) is 0 Å². The second-order valence-electron chi connectivity index (χ2n) is 16.9. The summed E-state index contributed by atoms with van der Waals surface area (Å²) in [5.74, 6) is -0.0200. The van der Waals surface area contributed by atoms with Gasteiger partial charge in [0, 0.05) is 19.3 Å². The minimum absolute atomic E-state index is 0.0647. The highest BCUT2D eigenvalue weighted by molar-refractivity contribution is 5.71. The topological polar surface area (TPSA) is 78.9 Å². The molecular formula is C48H92O6. The van der Waals surface area contributed by atoms with Gasteiger partial charge in [-0.05, 0) is 25.2 Å². The van der Waals surface area contributed by atoms with Crippen LogP contribution in [-0.2, 0) is 28.6 Å². The second kappa shape index (κ2) is 42.6. The zero-order valence-electron chi connectivity index (χ0n) is 36.7. The number of ether oxygens (including phenoxy) is 3. The van der Waals surface area contributed by atoms with Crippen LogP contribution in [0.1, 0.15) is 265 Å². The second-order valence-corrected chi connectivity index (χ2v) is 16.9. The van der Waals surface area contributed by atoms with Crippen LogP contribution >= 0.6 is 0 Å². The third kappa shape index (κ3) is 41.6. The molecule has 0 amide bonds. The molecule has 0 fully saturated rings. The van der Waals surface area contributed by atoms with Crippen LogP contribution in [0.4, 0.5) is 0 Å². The number of hydrogen-bond donors (Lipinski definition) is 0. The zero-order valence-corrected chi connectivity index (χ0v) is 36.7. The molecular weight excluding hydrogens is 673 g/mol. The molecule has 0 saturated heterocycles. The Morgan fingerprint density at radius 1 is 0.352 bits per heavy atom. The Kier molecular flexibility index (Phi) is 41.3. The first-order chi connectivity index (χ1) is 26.4. The monoisotopic (exact) mass is 765 g/mol. The van der Waals surface area contributed by atoms with Crippen molar-refractivity contribution in [2.45, 2.75) is 271 Å². The summed E-state index contributed by atoms with van der Waals surface area (Å²) in [6.07, 6.45) is 42.6. The van der Waals surface area contributed by atoms with Gasteiger partial charge in [0.15, 0.2) is 6.10 Å². The summed E-state index contributed by atoms with van der Waals surface area (Å²) in [6, 6.07) is 0. The molecule has 0 aromatic heterocycles. The van der Waals surface area contributed by atoms with E-state index in [1.165, 1.54) is 154 Å². The fraction of sp³-hybridized carbons (Fsp3) is 0.938. The van der Waals surface area contributed by atoms with Crippen molar-refractivity contribution in [3.63, 3.8) is 0 Å². The molecule has 0 aromatic rings. The van der Waals surface area contributed by atoms with E-state index in [1.807, 2.05) is 0 Å². The maximum atomic E-state index is 12.5. The number of esters is 3. The zero-order chi connectivity index (χ0) is 39.6. The lowest BCUT2D eigenvalue weighted by molar-refractivity contribution is -0.167. The predicted molar refractivity (Wildman–Crippen MR) is 229 cm³/mol. The Bertz CT molecular complexity index is 811. The molecule has 6 nitrogen and oxygen atoms in total. The Hall–Kier alpha value is -1.59. The first-order valence-corrected chi connectivity index (χ1v) is 23.9. The van der Waals surface area contributed by atoms with Gasteiger partial charge in [-0.25, -0.2) is 0 Å². The van der Waals surface area contributed by atoms with E-state index in [2.05, 4.69) is 27.7 Å². The van der Waals surface area contributed by atoms with Crippen molar-refractivity contribution in [2.75, 3.05) is 13.2 Å². The van der Waals surface area contributed by atoms with Gasteiger partial charge in [-0.2, -0.15) is 0 Å². The lowest BCUT2D eigenvalue weighted by atomic mass is 10.0.